The van der Waals surface area contributed by atoms with Crippen molar-refractivity contribution in [2.75, 3.05) is 6.61 Å². The number of halogens is 3. The summed E-state index contributed by atoms with van der Waals surface area (Å²) in [5, 5.41) is 4.13. The van der Waals surface area contributed by atoms with Crippen molar-refractivity contribution in [3.8, 4) is 5.75 Å². The van der Waals surface area contributed by atoms with Crippen LogP contribution in [0.1, 0.15) is 26.3 Å². The average molecular weight is 458 g/mol. The lowest BCUT2D eigenvalue weighted by Crippen LogP contribution is -2.50. The number of carbonyl (C=O) groups is 2. The van der Waals surface area contributed by atoms with Crippen molar-refractivity contribution in [2.24, 2.45) is 0 Å². The fraction of sp³-hybridized carbons (Fsp3) is 0.333. The molecule has 2 aromatic rings. The maximum atomic E-state index is 12.9. The number of benzene rings is 2. The Morgan fingerprint density at radius 2 is 1.76 bits per heavy atom. The SMILES string of the molecule is CC(C)NC(=O)C(C)N(Cc1ccc(Cl)c(Cl)c1)C(=O)COc1cccc(Cl)c1. The zero-order chi connectivity index (χ0) is 21.6. The Hall–Kier alpha value is -1.95. The highest BCUT2D eigenvalue weighted by Crippen LogP contribution is 2.24. The van der Waals surface area contributed by atoms with E-state index in [9.17, 15) is 9.59 Å². The van der Waals surface area contributed by atoms with Crippen LogP contribution < -0.4 is 10.1 Å². The second kappa shape index (κ2) is 10.7. The number of nitrogens with zero attached hydrogens (tertiary/aromatic N) is 1. The van der Waals surface area contributed by atoms with E-state index in [1.807, 2.05) is 13.8 Å². The normalized spacial score (nSPS) is 11.8. The van der Waals surface area contributed by atoms with Gasteiger partial charge in [0.15, 0.2) is 6.61 Å². The van der Waals surface area contributed by atoms with Gasteiger partial charge in [0.2, 0.25) is 5.91 Å². The van der Waals surface area contributed by atoms with Crippen molar-refractivity contribution < 1.29 is 14.3 Å². The topological polar surface area (TPSA) is 58.6 Å². The Bertz CT molecular complexity index is 874. The van der Waals surface area contributed by atoms with Gasteiger partial charge in [0.25, 0.3) is 5.91 Å². The first-order valence-corrected chi connectivity index (χ1v) is 10.2. The predicted molar refractivity (Wildman–Crippen MR) is 117 cm³/mol. The summed E-state index contributed by atoms with van der Waals surface area (Å²) < 4.78 is 5.57. The van der Waals surface area contributed by atoms with E-state index >= 15 is 0 Å². The lowest BCUT2D eigenvalue weighted by Gasteiger charge is -2.29. The summed E-state index contributed by atoms with van der Waals surface area (Å²) in [7, 11) is 0. The molecule has 0 fully saturated rings. The van der Waals surface area contributed by atoms with Gasteiger partial charge < -0.3 is 15.0 Å². The molecule has 0 aliphatic carbocycles. The van der Waals surface area contributed by atoms with E-state index in [-0.39, 0.29) is 31.0 Å². The summed E-state index contributed by atoms with van der Waals surface area (Å²) in [5.74, 6) is -0.127. The summed E-state index contributed by atoms with van der Waals surface area (Å²) in [6.07, 6.45) is 0. The van der Waals surface area contributed by atoms with Crippen molar-refractivity contribution >= 4 is 46.6 Å². The third kappa shape index (κ3) is 7.11. The van der Waals surface area contributed by atoms with E-state index in [0.29, 0.717) is 20.8 Å². The van der Waals surface area contributed by atoms with Crippen LogP contribution in [-0.4, -0.2) is 35.4 Å². The van der Waals surface area contributed by atoms with Gasteiger partial charge in [0.1, 0.15) is 11.8 Å². The van der Waals surface area contributed by atoms with Crippen LogP contribution in [0.2, 0.25) is 15.1 Å². The maximum Gasteiger partial charge on any atom is 0.261 e. The van der Waals surface area contributed by atoms with E-state index in [2.05, 4.69) is 5.32 Å². The molecule has 1 atom stereocenters. The molecule has 1 unspecified atom stereocenters. The molecule has 29 heavy (non-hydrogen) atoms. The van der Waals surface area contributed by atoms with Gasteiger partial charge in [-0.3, -0.25) is 9.59 Å². The van der Waals surface area contributed by atoms with Gasteiger partial charge in [-0.1, -0.05) is 46.9 Å². The van der Waals surface area contributed by atoms with Gasteiger partial charge in [0.05, 0.1) is 10.0 Å². The number of hydrogen-bond acceptors (Lipinski definition) is 3. The van der Waals surface area contributed by atoms with Crippen LogP contribution in [0.15, 0.2) is 42.5 Å². The molecule has 2 aromatic carbocycles. The van der Waals surface area contributed by atoms with Gasteiger partial charge in [-0.2, -0.15) is 0 Å². The van der Waals surface area contributed by atoms with Crippen LogP contribution in [0.25, 0.3) is 0 Å². The summed E-state index contributed by atoms with van der Waals surface area (Å²) >= 11 is 18.0. The molecule has 0 spiro atoms. The Labute approximate surface area is 185 Å². The van der Waals surface area contributed by atoms with Crippen LogP contribution in [0, 0.1) is 0 Å². The van der Waals surface area contributed by atoms with Crippen molar-refractivity contribution in [1.29, 1.82) is 0 Å². The molecule has 2 rings (SSSR count). The highest BCUT2D eigenvalue weighted by atomic mass is 35.5. The summed E-state index contributed by atoms with van der Waals surface area (Å²) in [6, 6.07) is 11.1. The lowest BCUT2D eigenvalue weighted by atomic mass is 10.1. The standard InChI is InChI=1S/C21H23Cl3N2O3/c1-13(2)25-21(28)14(3)26(11-15-7-8-18(23)19(24)9-15)20(27)12-29-17-6-4-5-16(22)10-17/h4-10,13-14H,11-12H2,1-3H3,(H,25,28). The molecule has 0 saturated heterocycles. The van der Waals surface area contributed by atoms with Gasteiger partial charge >= 0.3 is 0 Å². The molecule has 0 heterocycles. The van der Waals surface area contributed by atoms with E-state index in [1.165, 1.54) is 4.90 Å². The minimum atomic E-state index is -0.706. The fourth-order valence-corrected chi connectivity index (χ4v) is 3.11. The Morgan fingerprint density at radius 1 is 1.03 bits per heavy atom. The number of ether oxygens (including phenoxy) is 1. The number of nitrogens with one attached hydrogen (secondary N) is 1. The molecule has 5 nitrogen and oxygen atoms in total. The zero-order valence-corrected chi connectivity index (χ0v) is 18.7. The van der Waals surface area contributed by atoms with Crippen molar-refractivity contribution in [2.45, 2.75) is 39.4 Å². The monoisotopic (exact) mass is 456 g/mol. The van der Waals surface area contributed by atoms with Gasteiger partial charge in [0, 0.05) is 17.6 Å². The third-order valence-corrected chi connectivity index (χ3v) is 5.07. The van der Waals surface area contributed by atoms with Gasteiger partial charge in [-0.25, -0.2) is 0 Å². The van der Waals surface area contributed by atoms with Gasteiger partial charge in [-0.15, -0.1) is 0 Å². The highest BCUT2D eigenvalue weighted by Gasteiger charge is 2.27. The maximum absolute atomic E-state index is 12.9. The van der Waals surface area contributed by atoms with Crippen LogP contribution in [-0.2, 0) is 16.1 Å². The summed E-state index contributed by atoms with van der Waals surface area (Å²) in [5.41, 5.74) is 0.750. The molecule has 0 radical (unpaired) electrons. The molecule has 156 valence electrons. The Kier molecular flexibility index (Phi) is 8.62. The first-order chi connectivity index (χ1) is 13.7. The zero-order valence-electron chi connectivity index (χ0n) is 16.4. The number of carbonyl (C=O) groups excluding carboxylic acids is 2. The largest absolute Gasteiger partial charge is 0.484 e. The molecule has 0 saturated carbocycles. The van der Waals surface area contributed by atoms with E-state index in [4.69, 9.17) is 39.5 Å². The lowest BCUT2D eigenvalue weighted by molar-refractivity contribution is -0.142. The predicted octanol–water partition coefficient (Wildman–Crippen LogP) is 4.97. The fourth-order valence-electron chi connectivity index (χ4n) is 2.61. The van der Waals surface area contributed by atoms with Crippen molar-refractivity contribution in [3.63, 3.8) is 0 Å². The molecule has 1 N–H and O–H groups in total. The quantitative estimate of drug-likeness (QED) is 0.609. The van der Waals surface area contributed by atoms with Crippen LogP contribution in [0.4, 0.5) is 0 Å². The highest BCUT2D eigenvalue weighted by molar-refractivity contribution is 6.42. The molecule has 0 aliphatic heterocycles. The van der Waals surface area contributed by atoms with Crippen LogP contribution in [0.3, 0.4) is 0 Å². The summed E-state index contributed by atoms with van der Waals surface area (Å²) in [4.78, 5) is 26.9. The molecule has 8 heteroatoms. The smallest absolute Gasteiger partial charge is 0.261 e. The van der Waals surface area contributed by atoms with Crippen LogP contribution >= 0.6 is 34.8 Å². The van der Waals surface area contributed by atoms with Gasteiger partial charge in [-0.05, 0) is 56.7 Å². The number of hydrogen-bond donors (Lipinski definition) is 1. The van der Waals surface area contributed by atoms with Crippen molar-refractivity contribution in [3.05, 3.63) is 63.1 Å². The molecule has 2 amide bonds. The second-order valence-electron chi connectivity index (χ2n) is 6.86. The molecule has 0 aromatic heterocycles. The number of amides is 2. The minimum absolute atomic E-state index is 0.0467. The minimum Gasteiger partial charge on any atom is -0.484 e. The van der Waals surface area contributed by atoms with Crippen LogP contribution in [0.5, 0.6) is 5.75 Å². The molecular formula is C21H23Cl3N2O3. The Balaban J connectivity index is 2.18. The van der Waals surface area contributed by atoms with E-state index in [1.54, 1.807) is 49.4 Å². The first-order valence-electron chi connectivity index (χ1n) is 9.09. The Morgan fingerprint density at radius 3 is 2.38 bits per heavy atom. The molecule has 0 aliphatic rings. The van der Waals surface area contributed by atoms with E-state index < -0.39 is 6.04 Å². The first kappa shape index (κ1) is 23.3. The molecular weight excluding hydrogens is 435 g/mol. The van der Waals surface area contributed by atoms with E-state index in [0.717, 1.165) is 5.56 Å². The third-order valence-electron chi connectivity index (χ3n) is 4.09. The molecule has 0 bridgehead atoms. The number of rotatable bonds is 8. The van der Waals surface area contributed by atoms with Crippen molar-refractivity contribution in [1.82, 2.24) is 10.2 Å². The second-order valence-corrected chi connectivity index (χ2v) is 8.11. The summed E-state index contributed by atoms with van der Waals surface area (Å²) in [6.45, 7) is 5.34. The average Bonchev–Trinajstić information content (AvgIpc) is 2.66.